The SMILES string of the molecule is CCOc1ccc(-n2c(SCN3C(=O)c4ccccc4C3=O)nnc2-c2cccc(C)c2)cc1. The summed E-state index contributed by atoms with van der Waals surface area (Å²) in [7, 11) is 0. The van der Waals surface area contributed by atoms with Crippen molar-refractivity contribution in [3.63, 3.8) is 0 Å². The zero-order chi connectivity index (χ0) is 23.7. The van der Waals surface area contributed by atoms with Gasteiger partial charge in [0.25, 0.3) is 11.8 Å². The van der Waals surface area contributed by atoms with Gasteiger partial charge in [-0.3, -0.25) is 19.1 Å². The molecule has 0 atom stereocenters. The highest BCUT2D eigenvalue weighted by molar-refractivity contribution is 7.99. The molecule has 1 aliphatic rings. The second-order valence-electron chi connectivity index (χ2n) is 7.80. The van der Waals surface area contributed by atoms with Crippen molar-refractivity contribution in [2.24, 2.45) is 0 Å². The Kier molecular flexibility index (Phi) is 5.90. The van der Waals surface area contributed by atoms with Crippen molar-refractivity contribution in [2.45, 2.75) is 19.0 Å². The first kappa shape index (κ1) is 21.9. The van der Waals surface area contributed by atoms with E-state index in [2.05, 4.69) is 10.2 Å². The standard InChI is InChI=1S/C26H22N4O3S/c1-3-33-20-13-11-19(12-14-20)30-23(18-8-6-7-17(2)15-18)27-28-26(30)34-16-29-24(31)21-9-4-5-10-22(21)25(29)32/h4-15H,3,16H2,1-2H3. The van der Waals surface area contributed by atoms with Gasteiger partial charge in [0, 0.05) is 11.3 Å². The Bertz CT molecular complexity index is 1350. The Morgan fingerprint density at radius 3 is 2.24 bits per heavy atom. The predicted molar refractivity (Wildman–Crippen MR) is 130 cm³/mol. The lowest BCUT2D eigenvalue weighted by molar-refractivity contribution is 0.0684. The van der Waals surface area contributed by atoms with E-state index in [-0.39, 0.29) is 17.7 Å². The minimum Gasteiger partial charge on any atom is -0.494 e. The van der Waals surface area contributed by atoms with E-state index in [1.54, 1.807) is 24.3 Å². The van der Waals surface area contributed by atoms with Gasteiger partial charge in [-0.1, -0.05) is 47.7 Å². The van der Waals surface area contributed by atoms with Crippen molar-refractivity contribution >= 4 is 23.6 Å². The van der Waals surface area contributed by atoms with Gasteiger partial charge in [0.05, 0.1) is 23.6 Å². The van der Waals surface area contributed by atoms with Crippen molar-refractivity contribution in [1.29, 1.82) is 0 Å². The van der Waals surface area contributed by atoms with Gasteiger partial charge in [-0.15, -0.1) is 10.2 Å². The van der Waals surface area contributed by atoms with E-state index in [0.717, 1.165) is 22.6 Å². The van der Waals surface area contributed by atoms with Gasteiger partial charge in [-0.05, 0) is 56.3 Å². The average Bonchev–Trinajstić information content (AvgIpc) is 3.38. The number of aryl methyl sites for hydroxylation is 1. The van der Waals surface area contributed by atoms with Crippen LogP contribution in [0.2, 0.25) is 0 Å². The quantitative estimate of drug-likeness (QED) is 0.280. The summed E-state index contributed by atoms with van der Waals surface area (Å²) in [5.74, 6) is 1.00. The second-order valence-corrected chi connectivity index (χ2v) is 8.71. The third-order valence-electron chi connectivity index (χ3n) is 5.52. The minimum absolute atomic E-state index is 0.134. The topological polar surface area (TPSA) is 77.3 Å². The molecule has 0 aliphatic carbocycles. The molecule has 8 heteroatoms. The molecule has 0 N–H and O–H groups in total. The fourth-order valence-electron chi connectivity index (χ4n) is 3.90. The first-order chi connectivity index (χ1) is 16.6. The van der Waals surface area contributed by atoms with Gasteiger partial charge in [0.15, 0.2) is 11.0 Å². The smallest absolute Gasteiger partial charge is 0.262 e. The molecule has 0 unspecified atom stereocenters. The molecule has 1 aliphatic heterocycles. The molecule has 0 spiro atoms. The summed E-state index contributed by atoms with van der Waals surface area (Å²) in [5.41, 5.74) is 3.76. The Morgan fingerprint density at radius 1 is 0.882 bits per heavy atom. The number of hydrogen-bond acceptors (Lipinski definition) is 6. The van der Waals surface area contributed by atoms with Crippen molar-refractivity contribution in [3.05, 3.63) is 89.5 Å². The van der Waals surface area contributed by atoms with Gasteiger partial charge in [0.1, 0.15) is 5.75 Å². The second kappa shape index (κ2) is 9.15. The summed E-state index contributed by atoms with van der Waals surface area (Å²) in [6, 6.07) is 22.6. The van der Waals surface area contributed by atoms with Gasteiger partial charge in [-0.2, -0.15) is 0 Å². The van der Waals surface area contributed by atoms with Crippen LogP contribution in [-0.2, 0) is 0 Å². The monoisotopic (exact) mass is 470 g/mol. The number of aromatic nitrogens is 3. The van der Waals surface area contributed by atoms with E-state index in [4.69, 9.17) is 4.74 Å². The molecule has 7 nitrogen and oxygen atoms in total. The van der Waals surface area contributed by atoms with Crippen LogP contribution in [-0.4, -0.2) is 44.0 Å². The molecule has 0 bridgehead atoms. The Morgan fingerprint density at radius 2 is 1.59 bits per heavy atom. The number of amides is 2. The van der Waals surface area contributed by atoms with Crippen LogP contribution in [0.4, 0.5) is 0 Å². The number of carbonyl (C=O) groups excluding carboxylic acids is 2. The Balaban J connectivity index is 1.49. The number of hydrogen-bond donors (Lipinski definition) is 0. The van der Waals surface area contributed by atoms with E-state index in [9.17, 15) is 9.59 Å². The number of ether oxygens (including phenoxy) is 1. The maximum absolute atomic E-state index is 12.8. The van der Waals surface area contributed by atoms with Crippen LogP contribution in [0, 0.1) is 6.92 Å². The number of benzene rings is 3. The maximum Gasteiger partial charge on any atom is 0.262 e. The fraction of sp³-hybridized carbons (Fsp3) is 0.154. The molecule has 0 fully saturated rings. The number of nitrogens with zero attached hydrogens (tertiary/aromatic N) is 4. The molecule has 0 saturated heterocycles. The molecule has 5 rings (SSSR count). The maximum atomic E-state index is 12.8. The predicted octanol–water partition coefficient (Wildman–Crippen LogP) is 4.99. The lowest BCUT2D eigenvalue weighted by Gasteiger charge is -2.15. The zero-order valence-electron chi connectivity index (χ0n) is 18.8. The number of thioether (sulfide) groups is 1. The highest BCUT2D eigenvalue weighted by Gasteiger charge is 2.35. The Labute approximate surface area is 201 Å². The van der Waals surface area contributed by atoms with Crippen molar-refractivity contribution in [3.8, 4) is 22.8 Å². The van der Waals surface area contributed by atoms with Gasteiger partial charge in [-0.25, -0.2) is 0 Å². The zero-order valence-corrected chi connectivity index (χ0v) is 19.6. The van der Waals surface area contributed by atoms with Gasteiger partial charge < -0.3 is 4.74 Å². The van der Waals surface area contributed by atoms with Gasteiger partial charge in [0.2, 0.25) is 0 Å². The van der Waals surface area contributed by atoms with Crippen LogP contribution in [0.5, 0.6) is 5.75 Å². The number of imide groups is 1. The molecule has 2 amide bonds. The number of carbonyl (C=O) groups is 2. The molecule has 0 radical (unpaired) electrons. The van der Waals surface area contributed by atoms with E-state index >= 15 is 0 Å². The van der Waals surface area contributed by atoms with Crippen LogP contribution in [0.3, 0.4) is 0 Å². The van der Waals surface area contributed by atoms with Crippen molar-refractivity contribution in [1.82, 2.24) is 19.7 Å². The molecule has 0 saturated carbocycles. The number of rotatable bonds is 7. The highest BCUT2D eigenvalue weighted by atomic mass is 32.2. The van der Waals surface area contributed by atoms with Crippen LogP contribution < -0.4 is 4.74 Å². The molecule has 1 aromatic heterocycles. The van der Waals surface area contributed by atoms with Gasteiger partial charge >= 0.3 is 0 Å². The van der Waals surface area contributed by atoms with Crippen LogP contribution >= 0.6 is 11.8 Å². The van der Waals surface area contributed by atoms with E-state index in [1.165, 1.54) is 16.7 Å². The fourth-order valence-corrected chi connectivity index (χ4v) is 4.80. The third-order valence-corrected chi connectivity index (χ3v) is 6.43. The van der Waals surface area contributed by atoms with E-state index < -0.39 is 0 Å². The minimum atomic E-state index is -0.292. The summed E-state index contributed by atoms with van der Waals surface area (Å²) in [5, 5.41) is 9.45. The Hall–Kier alpha value is -3.91. The molecule has 34 heavy (non-hydrogen) atoms. The van der Waals surface area contributed by atoms with Crippen molar-refractivity contribution in [2.75, 3.05) is 12.5 Å². The molecule has 170 valence electrons. The van der Waals surface area contributed by atoms with Crippen molar-refractivity contribution < 1.29 is 14.3 Å². The lowest BCUT2D eigenvalue weighted by Crippen LogP contribution is -2.29. The summed E-state index contributed by atoms with van der Waals surface area (Å²) < 4.78 is 7.52. The third kappa shape index (κ3) is 3.97. The lowest BCUT2D eigenvalue weighted by atomic mass is 10.1. The summed E-state index contributed by atoms with van der Waals surface area (Å²) >= 11 is 1.29. The highest BCUT2D eigenvalue weighted by Crippen LogP contribution is 2.31. The average molecular weight is 471 g/mol. The molecular weight excluding hydrogens is 448 g/mol. The van der Waals surface area contributed by atoms with E-state index in [1.807, 2.05) is 66.9 Å². The molecule has 4 aromatic rings. The van der Waals surface area contributed by atoms with Crippen LogP contribution in [0.25, 0.3) is 17.1 Å². The largest absolute Gasteiger partial charge is 0.494 e. The normalized spacial score (nSPS) is 12.8. The van der Waals surface area contributed by atoms with Crippen LogP contribution in [0.15, 0.2) is 78.0 Å². The first-order valence-electron chi connectivity index (χ1n) is 10.9. The number of fused-ring (bicyclic) bond motifs is 1. The molecule has 3 aromatic carbocycles. The van der Waals surface area contributed by atoms with E-state index in [0.29, 0.717) is 28.7 Å². The van der Waals surface area contributed by atoms with Crippen LogP contribution in [0.1, 0.15) is 33.2 Å². The molecule has 2 heterocycles. The first-order valence-corrected chi connectivity index (χ1v) is 11.9. The summed E-state index contributed by atoms with van der Waals surface area (Å²) in [6.45, 7) is 4.55. The molecular formula is C26H22N4O3S. The summed E-state index contributed by atoms with van der Waals surface area (Å²) in [4.78, 5) is 26.8. The summed E-state index contributed by atoms with van der Waals surface area (Å²) in [6.07, 6.45) is 0.